The Balaban J connectivity index is 1.81. The van der Waals surface area contributed by atoms with Gasteiger partial charge in [0.15, 0.2) is 0 Å². The lowest BCUT2D eigenvalue weighted by molar-refractivity contribution is -0.139. The quantitative estimate of drug-likeness (QED) is 0.247. The number of anilines is 1. The summed E-state index contributed by atoms with van der Waals surface area (Å²) in [6.45, 7) is 7.27. The molecule has 7 nitrogen and oxygen atoms in total. The predicted octanol–water partition coefficient (Wildman–Crippen LogP) is 5.50. The molecule has 0 saturated heterocycles. The molecule has 224 valence electrons. The van der Waals surface area contributed by atoms with Crippen LogP contribution >= 0.6 is 0 Å². The second-order valence-corrected chi connectivity index (χ2v) is 12.8. The first-order valence-electron chi connectivity index (χ1n) is 14.3. The second-order valence-electron chi connectivity index (χ2n) is 10.9. The number of hydrogen-bond donors (Lipinski definition) is 1. The van der Waals surface area contributed by atoms with Crippen LogP contribution in [0.1, 0.15) is 33.4 Å². The van der Waals surface area contributed by atoms with E-state index in [1.807, 2.05) is 94.4 Å². The van der Waals surface area contributed by atoms with Crippen molar-refractivity contribution in [3.8, 4) is 0 Å². The molecule has 2 amide bonds. The summed E-state index contributed by atoms with van der Waals surface area (Å²) in [5.41, 5.74) is 5.78. The monoisotopic (exact) mass is 597 g/mol. The number of aryl methyl sites for hydroxylation is 4. The van der Waals surface area contributed by atoms with Crippen LogP contribution in [0.15, 0.2) is 102 Å². The number of likely N-dealkylation sites (N-methyl/N-ethyl adjacent to an activating group) is 1. The lowest BCUT2D eigenvalue weighted by atomic mass is 10.0. The van der Waals surface area contributed by atoms with Crippen molar-refractivity contribution in [1.29, 1.82) is 0 Å². The second kappa shape index (κ2) is 13.7. The zero-order valence-corrected chi connectivity index (χ0v) is 26.2. The highest BCUT2D eigenvalue weighted by atomic mass is 32.2. The van der Waals surface area contributed by atoms with E-state index in [4.69, 9.17) is 0 Å². The van der Waals surface area contributed by atoms with Gasteiger partial charge < -0.3 is 10.2 Å². The Bertz CT molecular complexity index is 1690. The zero-order chi connectivity index (χ0) is 31.1. The van der Waals surface area contributed by atoms with E-state index in [9.17, 15) is 18.0 Å². The summed E-state index contributed by atoms with van der Waals surface area (Å²) >= 11 is 0. The molecule has 0 aliphatic rings. The van der Waals surface area contributed by atoms with E-state index in [0.717, 1.165) is 33.4 Å². The van der Waals surface area contributed by atoms with Crippen LogP contribution in [0.2, 0.25) is 0 Å². The van der Waals surface area contributed by atoms with Gasteiger partial charge in [-0.2, -0.15) is 0 Å². The molecule has 0 heterocycles. The van der Waals surface area contributed by atoms with Gasteiger partial charge in [0.05, 0.1) is 10.6 Å². The Morgan fingerprint density at radius 1 is 0.744 bits per heavy atom. The van der Waals surface area contributed by atoms with Gasteiger partial charge in [-0.3, -0.25) is 13.9 Å². The molecule has 0 spiro atoms. The minimum absolute atomic E-state index is 0.0863. The number of rotatable bonds is 11. The van der Waals surface area contributed by atoms with Gasteiger partial charge in [0.2, 0.25) is 11.8 Å². The van der Waals surface area contributed by atoms with Crippen molar-refractivity contribution in [1.82, 2.24) is 10.2 Å². The van der Waals surface area contributed by atoms with Crippen LogP contribution in [0.3, 0.4) is 0 Å². The van der Waals surface area contributed by atoms with Gasteiger partial charge in [-0.05, 0) is 62.6 Å². The Morgan fingerprint density at radius 2 is 1.37 bits per heavy atom. The van der Waals surface area contributed by atoms with E-state index in [2.05, 4.69) is 5.32 Å². The van der Waals surface area contributed by atoms with E-state index < -0.39 is 28.5 Å². The third-order valence-electron chi connectivity index (χ3n) is 7.46. The molecule has 4 aromatic carbocycles. The number of carbonyl (C=O) groups is 2. The average molecular weight is 598 g/mol. The largest absolute Gasteiger partial charge is 0.357 e. The highest BCUT2D eigenvalue weighted by Crippen LogP contribution is 2.29. The first-order chi connectivity index (χ1) is 20.5. The molecule has 1 N–H and O–H groups in total. The molecule has 4 rings (SSSR count). The van der Waals surface area contributed by atoms with Crippen molar-refractivity contribution in [2.24, 2.45) is 0 Å². The van der Waals surface area contributed by atoms with Crippen LogP contribution in [0.4, 0.5) is 5.69 Å². The van der Waals surface area contributed by atoms with E-state index in [1.165, 1.54) is 9.21 Å². The zero-order valence-electron chi connectivity index (χ0n) is 25.4. The Kier molecular flexibility index (Phi) is 10.0. The molecule has 0 aliphatic heterocycles. The highest BCUT2D eigenvalue weighted by molar-refractivity contribution is 7.92. The summed E-state index contributed by atoms with van der Waals surface area (Å²) in [7, 11) is -2.60. The maximum Gasteiger partial charge on any atom is 0.264 e. The summed E-state index contributed by atoms with van der Waals surface area (Å²) in [6, 6.07) is 28.4. The molecule has 0 saturated carbocycles. The maximum atomic E-state index is 14.4. The van der Waals surface area contributed by atoms with E-state index in [1.54, 1.807) is 37.4 Å². The van der Waals surface area contributed by atoms with E-state index >= 15 is 0 Å². The smallest absolute Gasteiger partial charge is 0.264 e. The predicted molar refractivity (Wildman–Crippen MR) is 171 cm³/mol. The van der Waals surface area contributed by atoms with Crippen LogP contribution in [-0.2, 0) is 32.6 Å². The number of amides is 2. The van der Waals surface area contributed by atoms with Gasteiger partial charge in [-0.25, -0.2) is 8.42 Å². The van der Waals surface area contributed by atoms with E-state index in [0.29, 0.717) is 5.69 Å². The number of benzene rings is 4. The van der Waals surface area contributed by atoms with Crippen molar-refractivity contribution >= 4 is 27.5 Å². The Morgan fingerprint density at radius 3 is 2.00 bits per heavy atom. The SMILES string of the molecule is CNC(=O)[C@H](Cc1ccccc1)N(Cc1cccc(C)c1)C(=O)CN(c1ccc(C)cc1C)S(=O)(=O)c1ccc(C)cc1. The number of carbonyl (C=O) groups excluding carboxylic acids is 2. The molecular weight excluding hydrogens is 558 g/mol. The first-order valence-corrected chi connectivity index (χ1v) is 15.7. The molecule has 0 aliphatic carbocycles. The van der Waals surface area contributed by atoms with Crippen LogP contribution in [0.25, 0.3) is 0 Å². The molecule has 4 aromatic rings. The first kappa shape index (κ1) is 31.5. The van der Waals surface area contributed by atoms with Crippen molar-refractivity contribution in [3.63, 3.8) is 0 Å². The summed E-state index contributed by atoms with van der Waals surface area (Å²) in [5.74, 6) is -0.814. The highest BCUT2D eigenvalue weighted by Gasteiger charge is 2.34. The molecule has 0 unspecified atom stereocenters. The number of nitrogens with zero attached hydrogens (tertiary/aromatic N) is 2. The Hall–Kier alpha value is -4.43. The van der Waals surface area contributed by atoms with Crippen molar-refractivity contribution < 1.29 is 18.0 Å². The molecule has 0 radical (unpaired) electrons. The van der Waals surface area contributed by atoms with Gasteiger partial charge in [-0.15, -0.1) is 0 Å². The van der Waals surface area contributed by atoms with Gasteiger partial charge in [0.1, 0.15) is 12.6 Å². The lowest BCUT2D eigenvalue weighted by Gasteiger charge is -2.34. The molecule has 0 fully saturated rings. The van der Waals surface area contributed by atoms with Crippen molar-refractivity contribution in [2.45, 2.75) is 51.6 Å². The third kappa shape index (κ3) is 7.70. The molecule has 8 heteroatoms. The van der Waals surface area contributed by atoms with Crippen LogP contribution in [0.5, 0.6) is 0 Å². The fourth-order valence-corrected chi connectivity index (χ4v) is 6.64. The number of hydrogen-bond acceptors (Lipinski definition) is 4. The summed E-state index contributed by atoms with van der Waals surface area (Å²) in [5, 5.41) is 2.71. The maximum absolute atomic E-state index is 14.4. The fraction of sp³-hybridized carbons (Fsp3) is 0.257. The van der Waals surface area contributed by atoms with Gasteiger partial charge >= 0.3 is 0 Å². The molecule has 0 bridgehead atoms. The normalized spacial score (nSPS) is 11.9. The lowest BCUT2D eigenvalue weighted by Crippen LogP contribution is -2.53. The molecule has 1 atom stereocenters. The fourth-order valence-electron chi connectivity index (χ4n) is 5.16. The van der Waals surface area contributed by atoms with E-state index in [-0.39, 0.29) is 23.8 Å². The molecule has 43 heavy (non-hydrogen) atoms. The van der Waals surface area contributed by atoms with Gasteiger partial charge in [0.25, 0.3) is 10.0 Å². The van der Waals surface area contributed by atoms with Crippen LogP contribution in [-0.4, -0.2) is 44.8 Å². The molecular formula is C35H39N3O4S. The molecule has 0 aromatic heterocycles. The summed E-state index contributed by atoms with van der Waals surface area (Å²) in [6.07, 6.45) is 0.270. The van der Waals surface area contributed by atoms with Crippen molar-refractivity contribution in [2.75, 3.05) is 17.9 Å². The number of sulfonamides is 1. The average Bonchev–Trinajstić information content (AvgIpc) is 2.98. The summed E-state index contributed by atoms with van der Waals surface area (Å²) in [4.78, 5) is 29.4. The topological polar surface area (TPSA) is 86.8 Å². The van der Waals surface area contributed by atoms with Gasteiger partial charge in [0, 0.05) is 20.0 Å². The summed E-state index contributed by atoms with van der Waals surface area (Å²) < 4.78 is 29.5. The standard InChI is InChI=1S/C35H39N3O4S/c1-25-14-17-31(18-15-25)43(41,42)38(32-19-16-27(3)20-28(32)4)24-34(39)37(23-30-13-9-10-26(2)21-30)33(35(40)36-5)22-29-11-7-6-8-12-29/h6-21,33H,22-24H2,1-5H3,(H,36,40)/t33-/m0/s1. The van der Waals surface area contributed by atoms with Crippen LogP contribution in [0, 0.1) is 27.7 Å². The minimum Gasteiger partial charge on any atom is -0.357 e. The van der Waals surface area contributed by atoms with Crippen molar-refractivity contribution in [3.05, 3.63) is 130 Å². The minimum atomic E-state index is -4.14. The van der Waals surface area contributed by atoms with Gasteiger partial charge in [-0.1, -0.05) is 95.6 Å². The number of nitrogens with one attached hydrogen (secondary N) is 1. The van der Waals surface area contributed by atoms with Crippen LogP contribution < -0.4 is 9.62 Å². The Labute approximate surface area is 255 Å². The third-order valence-corrected chi connectivity index (χ3v) is 9.24.